The largest absolute Gasteiger partial charge is 0.309 e. The molecule has 6 aromatic rings. The number of pyridine rings is 2. The minimum atomic E-state index is 1.05. The number of nitrogens with zero attached hydrogens (tertiary/aromatic N) is 2. The molecule has 0 aliphatic heterocycles. The van der Waals surface area contributed by atoms with E-state index in [0.717, 1.165) is 11.0 Å². The van der Waals surface area contributed by atoms with E-state index >= 15 is 0 Å². The van der Waals surface area contributed by atoms with E-state index in [1.807, 2.05) is 6.07 Å². The molecule has 4 aromatic heterocycles. The normalized spacial score (nSPS) is 12.3. The molecule has 0 aliphatic carbocycles. The van der Waals surface area contributed by atoms with Crippen molar-refractivity contribution in [2.24, 2.45) is 0 Å². The fourth-order valence-corrected chi connectivity index (χ4v) is 3.83. The molecule has 0 spiro atoms. The van der Waals surface area contributed by atoms with Crippen LogP contribution in [-0.2, 0) is 0 Å². The van der Waals surface area contributed by atoms with Crippen molar-refractivity contribution < 1.29 is 0 Å². The quantitative estimate of drug-likeness (QED) is 0.343. The highest BCUT2D eigenvalue weighted by atomic mass is 14.9. The smallest absolute Gasteiger partial charge is 0.0716 e. The average molecular weight is 292 g/mol. The zero-order valence-corrected chi connectivity index (χ0v) is 12.3. The second-order valence-electron chi connectivity index (χ2n) is 6.16. The van der Waals surface area contributed by atoms with Crippen LogP contribution in [-0.4, -0.2) is 9.38 Å². The van der Waals surface area contributed by atoms with E-state index in [0.29, 0.717) is 0 Å². The summed E-state index contributed by atoms with van der Waals surface area (Å²) in [5, 5.41) is 4.97. The molecule has 2 heteroatoms. The summed E-state index contributed by atoms with van der Waals surface area (Å²) in [5.74, 6) is 0. The van der Waals surface area contributed by atoms with Crippen molar-refractivity contribution in [1.82, 2.24) is 9.38 Å². The second kappa shape index (κ2) is 3.79. The number of aromatic nitrogens is 2. The summed E-state index contributed by atoms with van der Waals surface area (Å²) in [5.41, 5.74) is 5.90. The Kier molecular flexibility index (Phi) is 1.89. The van der Waals surface area contributed by atoms with Gasteiger partial charge in [-0.05, 0) is 48.5 Å². The molecule has 0 radical (unpaired) electrons. The fraction of sp³-hybridized carbons (Fsp3) is 0. The van der Waals surface area contributed by atoms with Crippen LogP contribution >= 0.6 is 0 Å². The monoisotopic (exact) mass is 292 g/mol. The van der Waals surface area contributed by atoms with Crippen molar-refractivity contribution in [2.45, 2.75) is 0 Å². The Labute approximate surface area is 131 Å². The van der Waals surface area contributed by atoms with E-state index in [4.69, 9.17) is 4.98 Å². The first kappa shape index (κ1) is 11.4. The molecule has 2 nitrogen and oxygen atoms in total. The van der Waals surface area contributed by atoms with Crippen LogP contribution in [0.3, 0.4) is 0 Å². The summed E-state index contributed by atoms with van der Waals surface area (Å²) >= 11 is 0. The molecule has 2 aromatic carbocycles. The van der Waals surface area contributed by atoms with Gasteiger partial charge in [0.25, 0.3) is 0 Å². The number of benzene rings is 2. The topological polar surface area (TPSA) is 17.3 Å². The summed E-state index contributed by atoms with van der Waals surface area (Å²) < 4.78 is 2.34. The lowest BCUT2D eigenvalue weighted by Gasteiger charge is -2.02. The molecule has 0 fully saturated rings. The Morgan fingerprint density at radius 2 is 1.48 bits per heavy atom. The molecule has 0 amide bonds. The van der Waals surface area contributed by atoms with Crippen LogP contribution < -0.4 is 0 Å². The zero-order valence-electron chi connectivity index (χ0n) is 12.3. The molecule has 0 saturated carbocycles. The summed E-state index contributed by atoms with van der Waals surface area (Å²) in [6, 6.07) is 25.9. The Morgan fingerprint density at radius 3 is 2.48 bits per heavy atom. The maximum atomic E-state index is 4.86. The van der Waals surface area contributed by atoms with Crippen molar-refractivity contribution in [3.8, 4) is 0 Å². The van der Waals surface area contributed by atoms with E-state index in [1.165, 1.54) is 38.1 Å². The van der Waals surface area contributed by atoms with Crippen molar-refractivity contribution in [3.05, 3.63) is 72.8 Å². The first-order chi connectivity index (χ1) is 11.4. The van der Waals surface area contributed by atoms with E-state index < -0.39 is 0 Å². The van der Waals surface area contributed by atoms with Crippen molar-refractivity contribution in [2.75, 3.05) is 0 Å². The van der Waals surface area contributed by atoms with Crippen LogP contribution in [0.1, 0.15) is 0 Å². The molecule has 0 N–H and O–H groups in total. The molecule has 0 aliphatic rings. The van der Waals surface area contributed by atoms with Crippen molar-refractivity contribution >= 4 is 49.1 Å². The number of fused-ring (bicyclic) bond motifs is 5. The molecule has 0 saturated heterocycles. The van der Waals surface area contributed by atoms with E-state index in [-0.39, 0.29) is 0 Å². The SMILES string of the molecule is c1ccc2nc3cc4c(cc3cc2c1)c1ccc2cccc4n21. The number of hydrogen-bond donors (Lipinski definition) is 0. The number of rotatable bonds is 0. The lowest BCUT2D eigenvalue weighted by molar-refractivity contribution is 1.36. The highest BCUT2D eigenvalue weighted by Gasteiger charge is 2.12. The minimum absolute atomic E-state index is 1.05. The third-order valence-electron chi connectivity index (χ3n) is 4.88. The zero-order chi connectivity index (χ0) is 15.0. The van der Waals surface area contributed by atoms with Crippen LogP contribution in [0.4, 0.5) is 0 Å². The van der Waals surface area contributed by atoms with Gasteiger partial charge in [-0.15, -0.1) is 0 Å². The molecule has 4 heterocycles. The van der Waals surface area contributed by atoms with Crippen LogP contribution in [0.25, 0.3) is 49.1 Å². The fourth-order valence-electron chi connectivity index (χ4n) is 3.83. The van der Waals surface area contributed by atoms with Crippen LogP contribution in [0.15, 0.2) is 72.8 Å². The molecule has 0 unspecified atom stereocenters. The van der Waals surface area contributed by atoms with Gasteiger partial charge in [-0.2, -0.15) is 0 Å². The van der Waals surface area contributed by atoms with Gasteiger partial charge in [0, 0.05) is 27.1 Å². The maximum Gasteiger partial charge on any atom is 0.0716 e. The Bertz CT molecular complexity index is 1300. The van der Waals surface area contributed by atoms with E-state index in [1.54, 1.807) is 0 Å². The molecule has 106 valence electrons. The van der Waals surface area contributed by atoms with Gasteiger partial charge < -0.3 is 4.40 Å². The van der Waals surface area contributed by atoms with Gasteiger partial charge in [-0.25, -0.2) is 4.98 Å². The standard InChI is InChI=1S/C21H12N2/c1-2-6-18-13(4-1)10-14-11-16-17(12-19(14)22-18)20-7-3-5-15-8-9-21(16)23(15)20/h1-12H. The third-order valence-corrected chi connectivity index (χ3v) is 4.88. The van der Waals surface area contributed by atoms with Crippen LogP contribution in [0.2, 0.25) is 0 Å². The lowest BCUT2D eigenvalue weighted by atomic mass is 10.1. The average Bonchev–Trinajstić information content (AvgIpc) is 3.15. The third kappa shape index (κ3) is 1.36. The number of para-hydroxylation sites is 1. The maximum absolute atomic E-state index is 4.86. The van der Waals surface area contributed by atoms with E-state index in [9.17, 15) is 0 Å². The van der Waals surface area contributed by atoms with Crippen molar-refractivity contribution in [1.29, 1.82) is 0 Å². The molecule has 0 bridgehead atoms. The Morgan fingerprint density at radius 1 is 0.609 bits per heavy atom. The predicted molar refractivity (Wildman–Crippen MR) is 96.4 cm³/mol. The molecule has 6 rings (SSSR count). The highest BCUT2D eigenvalue weighted by molar-refractivity contribution is 6.15. The van der Waals surface area contributed by atoms with Crippen LogP contribution in [0, 0.1) is 0 Å². The highest BCUT2D eigenvalue weighted by Crippen LogP contribution is 2.34. The minimum Gasteiger partial charge on any atom is -0.309 e. The first-order valence-corrected chi connectivity index (χ1v) is 7.83. The van der Waals surface area contributed by atoms with Gasteiger partial charge in [0.05, 0.1) is 22.1 Å². The first-order valence-electron chi connectivity index (χ1n) is 7.83. The van der Waals surface area contributed by atoms with Gasteiger partial charge in [-0.1, -0.05) is 24.3 Å². The molecule has 23 heavy (non-hydrogen) atoms. The van der Waals surface area contributed by atoms with Crippen molar-refractivity contribution in [3.63, 3.8) is 0 Å². The molecular weight excluding hydrogens is 280 g/mol. The van der Waals surface area contributed by atoms with E-state index in [2.05, 4.69) is 71.1 Å². The van der Waals surface area contributed by atoms with Gasteiger partial charge in [-0.3, -0.25) is 0 Å². The summed E-state index contributed by atoms with van der Waals surface area (Å²) in [7, 11) is 0. The van der Waals surface area contributed by atoms with Gasteiger partial charge >= 0.3 is 0 Å². The number of hydrogen-bond acceptors (Lipinski definition) is 1. The molecule has 0 atom stereocenters. The summed E-state index contributed by atoms with van der Waals surface area (Å²) in [6.45, 7) is 0. The Hall–Kier alpha value is -3.13. The summed E-state index contributed by atoms with van der Waals surface area (Å²) in [6.07, 6.45) is 0. The predicted octanol–water partition coefficient (Wildman–Crippen LogP) is 5.38. The molecular formula is C21H12N2. The van der Waals surface area contributed by atoms with Gasteiger partial charge in [0.2, 0.25) is 0 Å². The van der Waals surface area contributed by atoms with Crippen LogP contribution in [0.5, 0.6) is 0 Å². The second-order valence-corrected chi connectivity index (χ2v) is 6.16. The lowest BCUT2D eigenvalue weighted by Crippen LogP contribution is -1.82. The van der Waals surface area contributed by atoms with Gasteiger partial charge in [0.15, 0.2) is 0 Å². The Balaban J connectivity index is 1.89. The summed E-state index contributed by atoms with van der Waals surface area (Å²) in [4.78, 5) is 4.86. The van der Waals surface area contributed by atoms with Gasteiger partial charge in [0.1, 0.15) is 0 Å².